The Morgan fingerprint density at radius 2 is 2.06 bits per heavy atom. The van der Waals surface area contributed by atoms with Crippen LogP contribution in [0.25, 0.3) is 0 Å². The normalized spacial score (nSPS) is 11.9. The van der Waals surface area contributed by atoms with Crippen molar-refractivity contribution in [3.8, 4) is 0 Å². The summed E-state index contributed by atoms with van der Waals surface area (Å²) in [6.07, 6.45) is 1.55. The molecule has 0 bridgehead atoms. The zero-order valence-electron chi connectivity index (χ0n) is 10.9. The molecule has 0 spiro atoms. The Morgan fingerprint density at radius 1 is 1.33 bits per heavy atom. The molecule has 0 aliphatic carbocycles. The van der Waals surface area contributed by atoms with Crippen LogP contribution in [0.2, 0.25) is 0 Å². The van der Waals surface area contributed by atoms with Crippen LogP contribution in [-0.4, -0.2) is 19.2 Å². The fraction of sp³-hybridized carbons (Fsp3) is 0.500. The topological polar surface area (TPSA) is 64.3 Å². The molecule has 3 N–H and O–H groups in total. The van der Waals surface area contributed by atoms with E-state index in [1.54, 1.807) is 0 Å². The molecule has 0 radical (unpaired) electrons. The van der Waals surface area contributed by atoms with E-state index in [-0.39, 0.29) is 6.09 Å². The van der Waals surface area contributed by atoms with Gasteiger partial charge in [-0.05, 0) is 30.9 Å². The van der Waals surface area contributed by atoms with Gasteiger partial charge in [-0.1, -0.05) is 37.3 Å². The number of ether oxygens (including phenoxy) is 1. The number of nitrogens with two attached hydrogens (primary N) is 1. The van der Waals surface area contributed by atoms with Gasteiger partial charge < -0.3 is 15.8 Å². The first-order chi connectivity index (χ1) is 8.72. The van der Waals surface area contributed by atoms with Gasteiger partial charge in [0.2, 0.25) is 0 Å². The number of hydrogen-bond acceptors (Lipinski definition) is 3. The molecule has 1 aromatic carbocycles. The van der Waals surface area contributed by atoms with Gasteiger partial charge in [0, 0.05) is 6.54 Å². The fourth-order valence-electron chi connectivity index (χ4n) is 1.62. The molecule has 1 aromatic rings. The summed E-state index contributed by atoms with van der Waals surface area (Å²) in [5.41, 5.74) is 6.45. The summed E-state index contributed by atoms with van der Waals surface area (Å²) in [7, 11) is 0. The van der Waals surface area contributed by atoms with Crippen molar-refractivity contribution >= 4 is 6.09 Å². The van der Waals surface area contributed by atoms with E-state index in [4.69, 9.17) is 10.5 Å². The highest BCUT2D eigenvalue weighted by molar-refractivity contribution is 5.67. The number of amides is 1. The Morgan fingerprint density at radius 3 is 2.72 bits per heavy atom. The van der Waals surface area contributed by atoms with Crippen LogP contribution in [0.15, 0.2) is 30.3 Å². The fourth-order valence-corrected chi connectivity index (χ4v) is 1.62. The lowest BCUT2D eigenvalue weighted by Crippen LogP contribution is -2.26. The molecule has 0 aromatic heterocycles. The third-order valence-electron chi connectivity index (χ3n) is 2.78. The largest absolute Gasteiger partial charge is 0.445 e. The van der Waals surface area contributed by atoms with Crippen LogP contribution in [-0.2, 0) is 11.3 Å². The molecule has 1 amide bonds. The Bertz CT molecular complexity index is 341. The lowest BCUT2D eigenvalue weighted by molar-refractivity contribution is 0.139. The minimum atomic E-state index is -0.362. The van der Waals surface area contributed by atoms with Gasteiger partial charge >= 0.3 is 6.09 Å². The summed E-state index contributed by atoms with van der Waals surface area (Å²) in [5, 5.41) is 2.74. The molecule has 1 atom stereocenters. The quantitative estimate of drug-likeness (QED) is 0.780. The van der Waals surface area contributed by atoms with Crippen molar-refractivity contribution in [2.75, 3.05) is 13.1 Å². The number of carbonyl (C=O) groups is 1. The van der Waals surface area contributed by atoms with Crippen LogP contribution < -0.4 is 11.1 Å². The van der Waals surface area contributed by atoms with E-state index in [1.807, 2.05) is 30.3 Å². The average molecular weight is 250 g/mol. The molecule has 18 heavy (non-hydrogen) atoms. The Kier molecular flexibility index (Phi) is 6.87. The zero-order chi connectivity index (χ0) is 13.2. The number of carbonyl (C=O) groups excluding carboxylic acids is 1. The van der Waals surface area contributed by atoms with Gasteiger partial charge in [0.15, 0.2) is 0 Å². The van der Waals surface area contributed by atoms with Crippen molar-refractivity contribution in [1.29, 1.82) is 0 Å². The van der Waals surface area contributed by atoms with Crippen molar-refractivity contribution in [3.63, 3.8) is 0 Å². The van der Waals surface area contributed by atoms with E-state index in [9.17, 15) is 4.79 Å². The van der Waals surface area contributed by atoms with Gasteiger partial charge in [-0.15, -0.1) is 0 Å². The van der Waals surface area contributed by atoms with Crippen LogP contribution in [0.3, 0.4) is 0 Å². The standard InChI is InChI=1S/C14H22N2O2/c1-12(7-9-15)8-10-16-14(17)18-11-13-5-3-2-4-6-13/h2-6,12H,7-11,15H2,1H3,(H,16,17). The van der Waals surface area contributed by atoms with Gasteiger partial charge in [-0.2, -0.15) is 0 Å². The molecule has 0 aliphatic rings. The number of hydrogen-bond donors (Lipinski definition) is 2. The second kappa shape index (κ2) is 8.53. The average Bonchev–Trinajstić information content (AvgIpc) is 2.38. The third-order valence-corrected chi connectivity index (χ3v) is 2.78. The van der Waals surface area contributed by atoms with E-state index >= 15 is 0 Å². The first kappa shape index (κ1) is 14.5. The SMILES string of the molecule is CC(CCN)CCNC(=O)OCc1ccccc1. The maximum Gasteiger partial charge on any atom is 0.407 e. The molecule has 0 saturated heterocycles. The van der Waals surface area contributed by atoms with E-state index in [0.29, 0.717) is 25.6 Å². The summed E-state index contributed by atoms with van der Waals surface area (Å²) in [4.78, 5) is 11.4. The van der Waals surface area contributed by atoms with Crippen LogP contribution >= 0.6 is 0 Å². The highest BCUT2D eigenvalue weighted by Crippen LogP contribution is 2.04. The van der Waals surface area contributed by atoms with E-state index in [1.165, 1.54) is 0 Å². The van der Waals surface area contributed by atoms with Crippen molar-refractivity contribution in [2.45, 2.75) is 26.4 Å². The molecule has 0 saturated carbocycles. The van der Waals surface area contributed by atoms with Crippen molar-refractivity contribution < 1.29 is 9.53 Å². The maximum absolute atomic E-state index is 11.4. The monoisotopic (exact) mass is 250 g/mol. The van der Waals surface area contributed by atoms with Gasteiger partial charge in [0.1, 0.15) is 6.61 Å². The molecular weight excluding hydrogens is 228 g/mol. The highest BCUT2D eigenvalue weighted by atomic mass is 16.5. The number of rotatable bonds is 7. The van der Waals surface area contributed by atoms with Crippen LogP contribution in [0.5, 0.6) is 0 Å². The summed E-state index contributed by atoms with van der Waals surface area (Å²) >= 11 is 0. The van der Waals surface area contributed by atoms with Crippen LogP contribution in [0.4, 0.5) is 4.79 Å². The molecule has 100 valence electrons. The predicted octanol–water partition coefficient (Wildman–Crippen LogP) is 2.29. The number of nitrogens with one attached hydrogen (secondary N) is 1. The second-order valence-corrected chi connectivity index (χ2v) is 4.46. The zero-order valence-corrected chi connectivity index (χ0v) is 10.9. The van der Waals surface area contributed by atoms with E-state index < -0.39 is 0 Å². The maximum atomic E-state index is 11.4. The molecule has 0 heterocycles. The lowest BCUT2D eigenvalue weighted by Gasteiger charge is -2.11. The number of benzene rings is 1. The summed E-state index contributed by atoms with van der Waals surface area (Å²) in [6, 6.07) is 9.63. The van der Waals surface area contributed by atoms with Crippen molar-refractivity contribution in [1.82, 2.24) is 5.32 Å². The molecule has 0 fully saturated rings. The molecule has 4 nitrogen and oxygen atoms in total. The molecular formula is C14H22N2O2. The van der Waals surface area contributed by atoms with Gasteiger partial charge in [0.25, 0.3) is 0 Å². The summed E-state index contributed by atoms with van der Waals surface area (Å²) in [6.45, 7) is 3.77. The lowest BCUT2D eigenvalue weighted by atomic mass is 10.0. The highest BCUT2D eigenvalue weighted by Gasteiger charge is 2.04. The summed E-state index contributed by atoms with van der Waals surface area (Å²) in [5.74, 6) is 0.532. The van der Waals surface area contributed by atoms with Gasteiger partial charge in [0.05, 0.1) is 0 Å². The van der Waals surface area contributed by atoms with E-state index in [2.05, 4.69) is 12.2 Å². The van der Waals surface area contributed by atoms with Gasteiger partial charge in [-0.25, -0.2) is 4.79 Å². The van der Waals surface area contributed by atoms with Crippen LogP contribution in [0.1, 0.15) is 25.3 Å². The van der Waals surface area contributed by atoms with E-state index in [0.717, 1.165) is 18.4 Å². The molecule has 4 heteroatoms. The molecule has 1 unspecified atom stereocenters. The number of alkyl carbamates (subject to hydrolysis) is 1. The predicted molar refractivity (Wildman–Crippen MR) is 72.1 cm³/mol. The minimum Gasteiger partial charge on any atom is -0.445 e. The third kappa shape index (κ3) is 6.25. The second-order valence-electron chi connectivity index (χ2n) is 4.46. The first-order valence-corrected chi connectivity index (χ1v) is 6.37. The Hall–Kier alpha value is -1.55. The smallest absolute Gasteiger partial charge is 0.407 e. The molecule has 0 aliphatic heterocycles. The summed E-state index contributed by atoms with van der Waals surface area (Å²) < 4.78 is 5.10. The van der Waals surface area contributed by atoms with Crippen molar-refractivity contribution in [2.24, 2.45) is 11.7 Å². The molecule has 1 rings (SSSR count). The Balaban J connectivity index is 2.11. The van der Waals surface area contributed by atoms with Crippen molar-refractivity contribution in [3.05, 3.63) is 35.9 Å². The van der Waals surface area contributed by atoms with Crippen LogP contribution in [0, 0.1) is 5.92 Å². The first-order valence-electron chi connectivity index (χ1n) is 6.37. The Labute approximate surface area is 109 Å². The minimum absolute atomic E-state index is 0.311. The van der Waals surface area contributed by atoms with Gasteiger partial charge in [-0.3, -0.25) is 0 Å².